The number of carbonyl (C=O) groups is 1. The van der Waals surface area contributed by atoms with Crippen molar-refractivity contribution >= 4 is 62.4 Å². The minimum atomic E-state index is -0.909. The molecule has 10 nitrogen and oxygen atoms in total. The highest BCUT2D eigenvalue weighted by molar-refractivity contribution is 14.1. The molecule has 0 saturated carbocycles. The van der Waals surface area contributed by atoms with Crippen LogP contribution in [0.5, 0.6) is 11.5 Å². The van der Waals surface area contributed by atoms with Crippen molar-refractivity contribution in [1.29, 1.82) is 0 Å². The minimum absolute atomic E-state index is 0.137. The highest BCUT2D eigenvalue weighted by Crippen LogP contribution is 2.40. The normalized spacial score (nSPS) is 15.1. The Balaban J connectivity index is 1.84. The molecule has 0 spiro atoms. The molecule has 5 rings (SSSR count). The molecule has 1 atom stereocenters. The number of halogens is 1. The fraction of sp³-hybridized carbons (Fsp3) is 0.179. The largest absolute Gasteiger partial charge is 0.501 e. The Bertz CT molecular complexity index is 1930. The first-order valence-electron chi connectivity index (χ1n) is 12.1. The standard InChI is InChI=1S/C28H22IN3O7S/c1-4-39-27(35)22-14(2)30-28-31(24(22)23-17-8-6-5-7-16(17)9-10-20(23)38-3)26(34)21(40-28)13-15-11-18(29)25(33)19(12-15)32(36)37/h5-13,24,33H,4H2,1-3H3/b21-13-/t24-/m1/s1. The molecule has 0 amide bonds. The van der Waals surface area contributed by atoms with E-state index in [1.54, 1.807) is 48.6 Å². The molecular formula is C28H22IN3O7S. The maximum absolute atomic E-state index is 14.0. The van der Waals surface area contributed by atoms with Gasteiger partial charge in [0.25, 0.3) is 5.56 Å². The van der Waals surface area contributed by atoms with E-state index in [0.29, 0.717) is 27.4 Å². The molecule has 1 aliphatic heterocycles. The van der Waals surface area contributed by atoms with E-state index in [0.717, 1.165) is 22.1 Å². The third-order valence-corrected chi connectivity index (χ3v) is 8.31. The Morgan fingerprint density at radius 1 is 1.27 bits per heavy atom. The highest BCUT2D eigenvalue weighted by atomic mass is 127. The molecule has 1 aliphatic rings. The van der Waals surface area contributed by atoms with Crippen LogP contribution in [0.1, 0.15) is 31.0 Å². The molecule has 0 bridgehead atoms. The molecule has 3 aromatic carbocycles. The second-order valence-corrected chi connectivity index (χ2v) is 11.0. The number of benzene rings is 3. The van der Waals surface area contributed by atoms with E-state index in [1.165, 1.54) is 23.8 Å². The number of hydrogen-bond acceptors (Lipinski definition) is 9. The molecule has 1 N–H and O–H groups in total. The van der Waals surface area contributed by atoms with Crippen LogP contribution in [0, 0.1) is 13.7 Å². The molecule has 0 fully saturated rings. The van der Waals surface area contributed by atoms with Gasteiger partial charge < -0.3 is 14.6 Å². The van der Waals surface area contributed by atoms with Crippen molar-refractivity contribution in [2.24, 2.45) is 4.99 Å². The number of ether oxygens (including phenoxy) is 2. The number of nitro groups is 1. The predicted molar refractivity (Wildman–Crippen MR) is 158 cm³/mol. The number of allylic oxidation sites excluding steroid dienone is 1. The summed E-state index contributed by atoms with van der Waals surface area (Å²) in [5.41, 5.74) is 0.681. The summed E-state index contributed by atoms with van der Waals surface area (Å²) in [6.07, 6.45) is 1.51. The summed E-state index contributed by atoms with van der Waals surface area (Å²) in [5.74, 6) is -0.554. The van der Waals surface area contributed by atoms with Crippen LogP contribution in [-0.2, 0) is 9.53 Å². The summed E-state index contributed by atoms with van der Waals surface area (Å²) >= 11 is 2.89. The van der Waals surface area contributed by atoms with Crippen LogP contribution >= 0.6 is 33.9 Å². The van der Waals surface area contributed by atoms with Crippen molar-refractivity contribution in [2.75, 3.05) is 13.7 Å². The second kappa shape index (κ2) is 10.8. The van der Waals surface area contributed by atoms with Crippen LogP contribution in [0.25, 0.3) is 16.8 Å². The van der Waals surface area contributed by atoms with Crippen LogP contribution in [0.4, 0.5) is 5.69 Å². The van der Waals surface area contributed by atoms with E-state index < -0.39 is 33.9 Å². The number of aromatic nitrogens is 1. The summed E-state index contributed by atoms with van der Waals surface area (Å²) in [7, 11) is 1.53. The number of thiazole rings is 1. The lowest BCUT2D eigenvalue weighted by Gasteiger charge is -2.27. The average Bonchev–Trinajstić information content (AvgIpc) is 3.23. The molecule has 204 valence electrons. The Kier molecular flexibility index (Phi) is 7.47. The van der Waals surface area contributed by atoms with Crippen molar-refractivity contribution in [3.05, 3.63) is 104 Å². The molecule has 0 saturated heterocycles. The first-order valence-corrected chi connectivity index (χ1v) is 14.0. The van der Waals surface area contributed by atoms with E-state index in [2.05, 4.69) is 4.99 Å². The molecule has 40 heavy (non-hydrogen) atoms. The molecule has 4 aromatic rings. The number of rotatable bonds is 6. The van der Waals surface area contributed by atoms with Crippen LogP contribution in [0.15, 0.2) is 69.6 Å². The molecule has 0 aliphatic carbocycles. The van der Waals surface area contributed by atoms with Gasteiger partial charge in [0.2, 0.25) is 5.75 Å². The van der Waals surface area contributed by atoms with Gasteiger partial charge in [-0.15, -0.1) is 0 Å². The van der Waals surface area contributed by atoms with Crippen LogP contribution in [0.3, 0.4) is 0 Å². The number of methoxy groups -OCH3 is 1. The lowest BCUT2D eigenvalue weighted by molar-refractivity contribution is -0.386. The van der Waals surface area contributed by atoms with Gasteiger partial charge >= 0.3 is 11.7 Å². The topological polar surface area (TPSA) is 133 Å². The number of phenolic OH excluding ortho intramolecular Hbond substituents is 1. The van der Waals surface area contributed by atoms with Crippen molar-refractivity contribution < 1.29 is 24.3 Å². The fourth-order valence-corrected chi connectivity index (χ4v) is 6.46. The highest BCUT2D eigenvalue weighted by Gasteiger charge is 2.36. The summed E-state index contributed by atoms with van der Waals surface area (Å²) in [6.45, 7) is 3.53. The lowest BCUT2D eigenvalue weighted by atomic mass is 9.90. The Morgan fingerprint density at radius 3 is 2.73 bits per heavy atom. The zero-order valence-electron chi connectivity index (χ0n) is 21.5. The second-order valence-electron chi connectivity index (χ2n) is 8.83. The number of esters is 1. The number of fused-ring (bicyclic) bond motifs is 2. The maximum Gasteiger partial charge on any atom is 0.338 e. The molecule has 12 heteroatoms. The molecule has 0 unspecified atom stereocenters. The number of phenols is 1. The number of nitrogens with zero attached hydrogens (tertiary/aromatic N) is 3. The predicted octanol–water partition coefficient (Wildman–Crippen LogP) is 4.18. The summed E-state index contributed by atoms with van der Waals surface area (Å²) < 4.78 is 13.1. The first-order chi connectivity index (χ1) is 19.2. The maximum atomic E-state index is 14.0. The third-order valence-electron chi connectivity index (χ3n) is 6.50. The van der Waals surface area contributed by atoms with Gasteiger partial charge in [0.05, 0.1) is 38.0 Å². The van der Waals surface area contributed by atoms with Crippen LogP contribution in [0.2, 0.25) is 0 Å². The van der Waals surface area contributed by atoms with Gasteiger partial charge in [-0.2, -0.15) is 0 Å². The molecular weight excluding hydrogens is 649 g/mol. The SMILES string of the molecule is CCOC(=O)C1=C(C)N=c2s/c(=C\c3cc(I)c(O)c([N+](=O)[O-])c3)c(=O)n2[C@H]1c1c(OC)ccc2ccccc12. The minimum Gasteiger partial charge on any atom is -0.501 e. The van der Waals surface area contributed by atoms with E-state index in [4.69, 9.17) is 9.47 Å². The van der Waals surface area contributed by atoms with Gasteiger partial charge in [-0.05, 0) is 71.0 Å². The van der Waals surface area contributed by atoms with Gasteiger partial charge in [0, 0.05) is 11.6 Å². The molecule has 1 aromatic heterocycles. The van der Waals surface area contributed by atoms with Gasteiger partial charge in [0.15, 0.2) is 4.80 Å². The van der Waals surface area contributed by atoms with Gasteiger partial charge in [-0.25, -0.2) is 9.79 Å². The Labute approximate surface area is 244 Å². The van der Waals surface area contributed by atoms with Crippen molar-refractivity contribution in [1.82, 2.24) is 4.57 Å². The Hall–Kier alpha value is -4.04. The van der Waals surface area contributed by atoms with E-state index in [-0.39, 0.29) is 20.3 Å². The number of carbonyl (C=O) groups excluding carboxylic acids is 1. The van der Waals surface area contributed by atoms with Crippen molar-refractivity contribution in [3.8, 4) is 11.5 Å². The number of aromatic hydroxyl groups is 1. The van der Waals surface area contributed by atoms with E-state index in [9.17, 15) is 24.8 Å². The third kappa shape index (κ3) is 4.66. The van der Waals surface area contributed by atoms with Gasteiger partial charge in [0.1, 0.15) is 11.8 Å². The Morgan fingerprint density at radius 2 is 2.02 bits per heavy atom. The fourth-order valence-electron chi connectivity index (χ4n) is 4.78. The van der Waals surface area contributed by atoms with Gasteiger partial charge in [-0.3, -0.25) is 19.5 Å². The smallest absolute Gasteiger partial charge is 0.338 e. The zero-order valence-corrected chi connectivity index (χ0v) is 24.5. The van der Waals surface area contributed by atoms with Crippen LogP contribution in [-0.4, -0.2) is 34.3 Å². The van der Waals surface area contributed by atoms with Crippen molar-refractivity contribution in [3.63, 3.8) is 0 Å². The number of hydrogen-bond donors (Lipinski definition) is 1. The number of nitro benzene ring substituents is 1. The van der Waals surface area contributed by atoms with Crippen LogP contribution < -0.4 is 19.6 Å². The zero-order chi connectivity index (χ0) is 28.7. The van der Waals surface area contributed by atoms with E-state index in [1.807, 2.05) is 30.3 Å². The molecule has 2 heterocycles. The summed E-state index contributed by atoms with van der Waals surface area (Å²) in [4.78, 5) is 43.1. The quantitative estimate of drug-likeness (QED) is 0.141. The van der Waals surface area contributed by atoms with E-state index >= 15 is 0 Å². The van der Waals surface area contributed by atoms with Crippen molar-refractivity contribution in [2.45, 2.75) is 19.9 Å². The summed E-state index contributed by atoms with van der Waals surface area (Å²) in [6, 6.07) is 13.1. The molecule has 0 radical (unpaired) electrons. The summed E-state index contributed by atoms with van der Waals surface area (Å²) in [5, 5.41) is 23.2. The van der Waals surface area contributed by atoms with Gasteiger partial charge in [-0.1, -0.05) is 41.7 Å². The average molecular weight is 671 g/mol. The monoisotopic (exact) mass is 671 g/mol. The first kappa shape index (κ1) is 27.5. The lowest BCUT2D eigenvalue weighted by Crippen LogP contribution is -2.40.